The van der Waals surface area contributed by atoms with Crippen molar-refractivity contribution in [1.29, 1.82) is 0 Å². The van der Waals surface area contributed by atoms with Gasteiger partial charge in [-0.1, -0.05) is 30.3 Å². The molecule has 2 amide bonds. The highest BCUT2D eigenvalue weighted by Crippen LogP contribution is 2.21. The number of benzene rings is 2. The summed E-state index contributed by atoms with van der Waals surface area (Å²) >= 11 is 0. The molecule has 2 aromatic rings. The first-order chi connectivity index (χ1) is 10.6. The van der Waals surface area contributed by atoms with E-state index in [1.807, 2.05) is 30.3 Å². The first-order valence-corrected chi connectivity index (χ1v) is 7.06. The maximum atomic E-state index is 13.6. The van der Waals surface area contributed by atoms with Gasteiger partial charge in [0.05, 0.1) is 11.6 Å². The summed E-state index contributed by atoms with van der Waals surface area (Å²) in [6.07, 6.45) is 0.217. The predicted molar refractivity (Wildman–Crippen MR) is 81.1 cm³/mol. The van der Waals surface area contributed by atoms with Crippen LogP contribution in [0, 0.1) is 5.82 Å². The topological polar surface area (TPSA) is 49.4 Å². The minimum atomic E-state index is -0.566. The van der Waals surface area contributed by atoms with Gasteiger partial charge in [-0.25, -0.2) is 4.39 Å². The van der Waals surface area contributed by atoms with Gasteiger partial charge in [0.25, 0.3) is 5.91 Å². The molecule has 1 N–H and O–H groups in total. The van der Waals surface area contributed by atoms with Crippen LogP contribution in [-0.2, 0) is 4.79 Å². The van der Waals surface area contributed by atoms with Crippen LogP contribution < -0.4 is 10.2 Å². The quantitative estimate of drug-likeness (QED) is 0.945. The van der Waals surface area contributed by atoms with Gasteiger partial charge in [-0.15, -0.1) is 0 Å². The lowest BCUT2D eigenvalue weighted by Crippen LogP contribution is -2.37. The lowest BCUT2D eigenvalue weighted by molar-refractivity contribution is -0.117. The van der Waals surface area contributed by atoms with Crippen molar-refractivity contribution in [1.82, 2.24) is 5.32 Å². The van der Waals surface area contributed by atoms with E-state index in [-0.39, 0.29) is 23.9 Å². The molecule has 1 fully saturated rings. The van der Waals surface area contributed by atoms with Crippen molar-refractivity contribution < 1.29 is 14.0 Å². The fourth-order valence-corrected chi connectivity index (χ4v) is 2.57. The Bertz CT molecular complexity index is 703. The molecule has 3 rings (SSSR count). The SMILES string of the molecule is O=C(N[C@@H]1CC(=O)N(c2ccccc2)C1)c1ccccc1F. The highest BCUT2D eigenvalue weighted by Gasteiger charge is 2.31. The van der Waals surface area contributed by atoms with Crippen molar-refractivity contribution in [3.05, 3.63) is 66.0 Å². The van der Waals surface area contributed by atoms with Crippen molar-refractivity contribution in [2.45, 2.75) is 12.5 Å². The summed E-state index contributed by atoms with van der Waals surface area (Å²) in [7, 11) is 0. The molecule has 1 atom stereocenters. The maximum absolute atomic E-state index is 13.6. The van der Waals surface area contributed by atoms with E-state index in [4.69, 9.17) is 0 Å². The van der Waals surface area contributed by atoms with E-state index >= 15 is 0 Å². The molecule has 0 spiro atoms. The highest BCUT2D eigenvalue weighted by molar-refractivity contribution is 5.99. The van der Waals surface area contributed by atoms with E-state index in [0.29, 0.717) is 6.54 Å². The van der Waals surface area contributed by atoms with Gasteiger partial charge in [0, 0.05) is 18.7 Å². The van der Waals surface area contributed by atoms with Crippen LogP contribution in [0.1, 0.15) is 16.8 Å². The summed E-state index contributed by atoms with van der Waals surface area (Å²) in [5, 5.41) is 2.72. The second kappa shape index (κ2) is 5.97. The van der Waals surface area contributed by atoms with E-state index in [1.54, 1.807) is 11.0 Å². The first kappa shape index (κ1) is 14.3. The molecule has 0 bridgehead atoms. The minimum Gasteiger partial charge on any atom is -0.347 e. The third-order valence-electron chi connectivity index (χ3n) is 3.65. The van der Waals surface area contributed by atoms with Crippen LogP contribution >= 0.6 is 0 Å². The average molecular weight is 298 g/mol. The van der Waals surface area contributed by atoms with Crippen LogP contribution in [0.2, 0.25) is 0 Å². The molecule has 0 aromatic heterocycles. The van der Waals surface area contributed by atoms with Crippen LogP contribution in [0.4, 0.5) is 10.1 Å². The zero-order valence-electron chi connectivity index (χ0n) is 11.8. The lowest BCUT2D eigenvalue weighted by atomic mass is 10.1. The number of nitrogens with zero attached hydrogens (tertiary/aromatic N) is 1. The predicted octanol–water partition coefficient (Wildman–Crippen LogP) is 2.36. The van der Waals surface area contributed by atoms with E-state index in [0.717, 1.165) is 5.69 Å². The van der Waals surface area contributed by atoms with Crippen molar-refractivity contribution in [3.8, 4) is 0 Å². The lowest BCUT2D eigenvalue weighted by Gasteiger charge is -2.17. The van der Waals surface area contributed by atoms with E-state index in [1.165, 1.54) is 18.2 Å². The summed E-state index contributed by atoms with van der Waals surface area (Å²) in [4.78, 5) is 25.8. The standard InChI is InChI=1S/C17H15FN2O2/c18-15-9-5-4-8-14(15)17(22)19-12-10-16(21)20(11-12)13-6-2-1-3-7-13/h1-9,12H,10-11H2,(H,19,22)/t12-/m1/s1. The highest BCUT2D eigenvalue weighted by atomic mass is 19.1. The molecule has 1 saturated heterocycles. The third-order valence-corrected chi connectivity index (χ3v) is 3.65. The minimum absolute atomic E-state index is 0.00638. The number of halogens is 1. The van der Waals surface area contributed by atoms with Gasteiger partial charge >= 0.3 is 0 Å². The number of hydrogen-bond donors (Lipinski definition) is 1. The molecule has 0 saturated carbocycles. The summed E-state index contributed by atoms with van der Waals surface area (Å²) in [6.45, 7) is 0.392. The molecule has 0 radical (unpaired) electrons. The van der Waals surface area contributed by atoms with Gasteiger partial charge in [0.2, 0.25) is 5.91 Å². The number of nitrogens with one attached hydrogen (secondary N) is 1. The molecule has 0 unspecified atom stereocenters. The number of hydrogen-bond acceptors (Lipinski definition) is 2. The number of amides is 2. The Balaban J connectivity index is 1.69. The molecule has 5 heteroatoms. The number of carbonyl (C=O) groups excluding carboxylic acids is 2. The Kier molecular flexibility index (Phi) is 3.87. The van der Waals surface area contributed by atoms with Crippen molar-refractivity contribution in [2.24, 2.45) is 0 Å². The maximum Gasteiger partial charge on any atom is 0.254 e. The van der Waals surface area contributed by atoms with Crippen LogP contribution in [0.15, 0.2) is 54.6 Å². The number of anilines is 1. The molecule has 112 valence electrons. The largest absolute Gasteiger partial charge is 0.347 e. The molecule has 22 heavy (non-hydrogen) atoms. The molecular formula is C17H15FN2O2. The monoisotopic (exact) mass is 298 g/mol. The molecule has 1 aliphatic rings. The van der Waals surface area contributed by atoms with Crippen LogP contribution in [0.25, 0.3) is 0 Å². The molecule has 1 heterocycles. The van der Waals surface area contributed by atoms with Gasteiger partial charge in [-0.2, -0.15) is 0 Å². The van der Waals surface area contributed by atoms with E-state index in [2.05, 4.69) is 5.32 Å². The Hall–Kier alpha value is -2.69. The van der Waals surface area contributed by atoms with Crippen LogP contribution in [0.3, 0.4) is 0 Å². The molecule has 0 aliphatic carbocycles. The number of rotatable bonds is 3. The smallest absolute Gasteiger partial charge is 0.254 e. The third kappa shape index (κ3) is 2.83. The Morgan fingerprint density at radius 3 is 2.50 bits per heavy atom. The van der Waals surface area contributed by atoms with Gasteiger partial charge in [0.1, 0.15) is 5.82 Å². The van der Waals surface area contributed by atoms with Crippen molar-refractivity contribution in [3.63, 3.8) is 0 Å². The number of para-hydroxylation sites is 1. The second-order valence-electron chi connectivity index (χ2n) is 5.19. The normalized spacial score (nSPS) is 17.6. The summed E-state index contributed by atoms with van der Waals surface area (Å²) < 4.78 is 13.6. The second-order valence-corrected chi connectivity index (χ2v) is 5.19. The first-order valence-electron chi connectivity index (χ1n) is 7.06. The summed E-state index contributed by atoms with van der Waals surface area (Å²) in [6, 6.07) is 14.8. The van der Waals surface area contributed by atoms with Crippen molar-refractivity contribution in [2.75, 3.05) is 11.4 Å². The molecule has 1 aliphatic heterocycles. The van der Waals surface area contributed by atoms with E-state index < -0.39 is 11.7 Å². The molecular weight excluding hydrogens is 283 g/mol. The zero-order valence-corrected chi connectivity index (χ0v) is 11.8. The van der Waals surface area contributed by atoms with Crippen LogP contribution in [-0.4, -0.2) is 24.4 Å². The Labute approximate surface area is 127 Å². The number of carbonyl (C=O) groups is 2. The fourth-order valence-electron chi connectivity index (χ4n) is 2.57. The van der Waals surface area contributed by atoms with Gasteiger partial charge < -0.3 is 10.2 Å². The van der Waals surface area contributed by atoms with Crippen LogP contribution in [0.5, 0.6) is 0 Å². The zero-order chi connectivity index (χ0) is 15.5. The summed E-state index contributed by atoms with van der Waals surface area (Å²) in [5.41, 5.74) is 0.795. The van der Waals surface area contributed by atoms with Gasteiger partial charge in [-0.3, -0.25) is 9.59 Å². The van der Waals surface area contributed by atoms with Gasteiger partial charge in [0.15, 0.2) is 0 Å². The Morgan fingerprint density at radius 2 is 1.77 bits per heavy atom. The Morgan fingerprint density at radius 1 is 1.09 bits per heavy atom. The fraction of sp³-hybridized carbons (Fsp3) is 0.176. The molecule has 4 nitrogen and oxygen atoms in total. The van der Waals surface area contributed by atoms with Crippen molar-refractivity contribution >= 4 is 17.5 Å². The van der Waals surface area contributed by atoms with E-state index in [9.17, 15) is 14.0 Å². The van der Waals surface area contributed by atoms with Gasteiger partial charge in [-0.05, 0) is 24.3 Å². The molecule has 2 aromatic carbocycles. The summed E-state index contributed by atoms with van der Waals surface area (Å²) in [5.74, 6) is -1.11. The average Bonchev–Trinajstić information content (AvgIpc) is 2.89.